The van der Waals surface area contributed by atoms with Gasteiger partial charge in [0.05, 0.1) is 7.11 Å². The lowest BCUT2D eigenvalue weighted by molar-refractivity contribution is 0.410. The zero-order valence-corrected chi connectivity index (χ0v) is 8.43. The monoisotopic (exact) mass is 195 g/mol. The highest BCUT2D eigenvalue weighted by Crippen LogP contribution is 2.35. The van der Waals surface area contributed by atoms with E-state index in [9.17, 15) is 0 Å². The second kappa shape index (κ2) is 3.60. The van der Waals surface area contributed by atoms with E-state index in [0.717, 1.165) is 17.3 Å². The van der Waals surface area contributed by atoms with E-state index in [1.807, 2.05) is 23.9 Å². The van der Waals surface area contributed by atoms with Crippen molar-refractivity contribution in [1.82, 2.24) is 0 Å². The lowest BCUT2D eigenvalue weighted by atomic mass is 10.0. The van der Waals surface area contributed by atoms with Crippen molar-refractivity contribution >= 4 is 11.8 Å². The summed E-state index contributed by atoms with van der Waals surface area (Å²) >= 11 is 1.87. The maximum Gasteiger partial charge on any atom is 0.123 e. The largest absolute Gasteiger partial charge is 0.496 e. The number of ether oxygens (including phenoxy) is 1. The van der Waals surface area contributed by atoms with Gasteiger partial charge in [-0.2, -0.15) is 11.8 Å². The molecule has 2 rings (SSSR count). The van der Waals surface area contributed by atoms with Crippen molar-refractivity contribution in [3.8, 4) is 5.75 Å². The van der Waals surface area contributed by atoms with Gasteiger partial charge >= 0.3 is 0 Å². The van der Waals surface area contributed by atoms with Crippen molar-refractivity contribution in [2.24, 2.45) is 5.73 Å². The van der Waals surface area contributed by atoms with Gasteiger partial charge in [-0.25, -0.2) is 0 Å². The number of rotatable bonds is 1. The Kier molecular flexibility index (Phi) is 2.47. The third-order valence-electron chi connectivity index (χ3n) is 2.33. The molecule has 0 bridgehead atoms. The van der Waals surface area contributed by atoms with E-state index in [1.54, 1.807) is 7.11 Å². The van der Waals surface area contributed by atoms with Crippen LogP contribution in [0.4, 0.5) is 0 Å². The predicted octanol–water partition coefficient (Wildman–Crippen LogP) is 1.94. The Hall–Kier alpha value is -0.670. The summed E-state index contributed by atoms with van der Waals surface area (Å²) in [4.78, 5) is 0. The molecule has 0 unspecified atom stereocenters. The van der Waals surface area contributed by atoms with Crippen LogP contribution in [-0.2, 0) is 5.75 Å². The summed E-state index contributed by atoms with van der Waals surface area (Å²) in [6.45, 7) is 0. The highest BCUT2D eigenvalue weighted by atomic mass is 32.2. The van der Waals surface area contributed by atoms with Crippen LogP contribution in [0.25, 0.3) is 0 Å². The molecule has 1 aliphatic rings. The fourth-order valence-corrected chi connectivity index (χ4v) is 2.72. The molecule has 13 heavy (non-hydrogen) atoms. The molecule has 0 saturated carbocycles. The minimum atomic E-state index is 0.170. The van der Waals surface area contributed by atoms with Gasteiger partial charge in [0.2, 0.25) is 0 Å². The van der Waals surface area contributed by atoms with Gasteiger partial charge in [-0.3, -0.25) is 0 Å². The molecule has 0 amide bonds. The van der Waals surface area contributed by atoms with E-state index in [0.29, 0.717) is 0 Å². The zero-order valence-electron chi connectivity index (χ0n) is 7.62. The maximum absolute atomic E-state index is 5.99. The number of thioether (sulfide) groups is 1. The molecule has 0 radical (unpaired) electrons. The molecular formula is C10H13NOS. The van der Waals surface area contributed by atoms with Gasteiger partial charge in [-0.1, -0.05) is 12.1 Å². The summed E-state index contributed by atoms with van der Waals surface area (Å²) in [5.41, 5.74) is 8.51. The number of methoxy groups -OCH3 is 1. The molecule has 2 N–H and O–H groups in total. The number of hydrogen-bond acceptors (Lipinski definition) is 3. The minimum Gasteiger partial charge on any atom is -0.496 e. The lowest BCUT2D eigenvalue weighted by Gasteiger charge is -2.23. The summed E-state index contributed by atoms with van der Waals surface area (Å²) in [6, 6.07) is 6.27. The van der Waals surface area contributed by atoms with Crippen LogP contribution in [0.1, 0.15) is 17.2 Å². The van der Waals surface area contributed by atoms with Gasteiger partial charge in [0.1, 0.15) is 5.75 Å². The molecule has 0 fully saturated rings. The number of nitrogens with two attached hydrogens (primary N) is 1. The first-order valence-electron chi connectivity index (χ1n) is 4.32. The van der Waals surface area contributed by atoms with E-state index in [1.165, 1.54) is 11.1 Å². The first-order valence-corrected chi connectivity index (χ1v) is 5.47. The molecule has 3 heteroatoms. The Balaban J connectivity index is 2.48. The summed E-state index contributed by atoms with van der Waals surface area (Å²) in [6.07, 6.45) is 0. The molecule has 2 nitrogen and oxygen atoms in total. The minimum absolute atomic E-state index is 0.170. The molecule has 70 valence electrons. The maximum atomic E-state index is 5.99. The van der Waals surface area contributed by atoms with Crippen molar-refractivity contribution in [1.29, 1.82) is 0 Å². The molecule has 1 aromatic carbocycles. The Morgan fingerprint density at radius 2 is 2.38 bits per heavy atom. The molecule has 0 aromatic heterocycles. The van der Waals surface area contributed by atoms with Crippen molar-refractivity contribution in [3.05, 3.63) is 29.3 Å². The van der Waals surface area contributed by atoms with Gasteiger partial charge in [0.15, 0.2) is 0 Å². The van der Waals surface area contributed by atoms with Crippen LogP contribution in [0.3, 0.4) is 0 Å². The van der Waals surface area contributed by atoms with Crippen LogP contribution < -0.4 is 10.5 Å². The van der Waals surface area contributed by atoms with E-state index >= 15 is 0 Å². The fraction of sp³-hybridized carbons (Fsp3) is 0.400. The number of hydrogen-bond donors (Lipinski definition) is 1. The Labute approximate surface area is 82.5 Å². The van der Waals surface area contributed by atoms with Crippen LogP contribution in [0.2, 0.25) is 0 Å². The smallest absolute Gasteiger partial charge is 0.123 e. The van der Waals surface area contributed by atoms with Gasteiger partial charge < -0.3 is 10.5 Å². The molecule has 1 aliphatic heterocycles. The van der Waals surface area contributed by atoms with Crippen LogP contribution in [-0.4, -0.2) is 12.9 Å². The van der Waals surface area contributed by atoms with Crippen molar-refractivity contribution in [3.63, 3.8) is 0 Å². The summed E-state index contributed by atoms with van der Waals surface area (Å²) in [5, 5.41) is 0. The van der Waals surface area contributed by atoms with Gasteiger partial charge in [-0.15, -0.1) is 0 Å². The normalized spacial score (nSPS) is 20.9. The van der Waals surface area contributed by atoms with Crippen molar-refractivity contribution in [2.75, 3.05) is 12.9 Å². The molecular weight excluding hydrogens is 182 g/mol. The third kappa shape index (κ3) is 1.54. The van der Waals surface area contributed by atoms with E-state index < -0.39 is 0 Å². The van der Waals surface area contributed by atoms with E-state index in [4.69, 9.17) is 10.5 Å². The molecule has 1 aromatic rings. The second-order valence-corrected chi connectivity index (χ2v) is 4.18. The summed E-state index contributed by atoms with van der Waals surface area (Å²) in [5.74, 6) is 3.01. The lowest BCUT2D eigenvalue weighted by Crippen LogP contribution is -2.19. The Morgan fingerprint density at radius 1 is 1.54 bits per heavy atom. The molecule has 0 aliphatic carbocycles. The molecule has 0 spiro atoms. The first kappa shape index (κ1) is 8.91. The SMILES string of the molecule is COc1cccc2c1CSC[C@@H]2N. The Morgan fingerprint density at radius 3 is 3.15 bits per heavy atom. The van der Waals surface area contributed by atoms with Crippen molar-refractivity contribution < 1.29 is 4.74 Å². The topological polar surface area (TPSA) is 35.2 Å². The van der Waals surface area contributed by atoms with E-state index in [-0.39, 0.29) is 6.04 Å². The number of fused-ring (bicyclic) bond motifs is 1. The average molecular weight is 195 g/mol. The highest BCUT2D eigenvalue weighted by molar-refractivity contribution is 7.98. The van der Waals surface area contributed by atoms with Crippen LogP contribution >= 0.6 is 11.8 Å². The van der Waals surface area contributed by atoms with Gasteiger partial charge in [0, 0.05) is 23.1 Å². The van der Waals surface area contributed by atoms with Crippen molar-refractivity contribution in [2.45, 2.75) is 11.8 Å². The quantitative estimate of drug-likeness (QED) is 0.743. The number of benzene rings is 1. The molecule has 1 heterocycles. The van der Waals surface area contributed by atoms with Crippen LogP contribution in [0.15, 0.2) is 18.2 Å². The summed E-state index contributed by atoms with van der Waals surface area (Å²) in [7, 11) is 1.71. The Bertz CT molecular complexity index is 314. The molecule has 1 atom stereocenters. The second-order valence-electron chi connectivity index (χ2n) is 3.15. The standard InChI is InChI=1S/C10H13NOS/c1-12-10-4-2-3-7-8(10)5-13-6-9(7)11/h2-4,9H,5-6,11H2,1H3/t9-/m0/s1. The van der Waals surface area contributed by atoms with Gasteiger partial charge in [0.25, 0.3) is 0 Å². The van der Waals surface area contributed by atoms with Crippen LogP contribution in [0.5, 0.6) is 5.75 Å². The predicted molar refractivity (Wildman–Crippen MR) is 56.1 cm³/mol. The fourth-order valence-electron chi connectivity index (χ4n) is 1.65. The highest BCUT2D eigenvalue weighted by Gasteiger charge is 2.19. The molecule has 0 saturated heterocycles. The van der Waals surface area contributed by atoms with Gasteiger partial charge in [-0.05, 0) is 11.6 Å². The first-order chi connectivity index (χ1) is 6.33. The van der Waals surface area contributed by atoms with E-state index in [2.05, 4.69) is 6.07 Å². The summed E-state index contributed by atoms with van der Waals surface area (Å²) < 4.78 is 5.29. The zero-order chi connectivity index (χ0) is 9.26. The third-order valence-corrected chi connectivity index (χ3v) is 3.42. The van der Waals surface area contributed by atoms with Crippen LogP contribution in [0, 0.1) is 0 Å². The average Bonchev–Trinajstić information content (AvgIpc) is 2.18.